The van der Waals surface area contributed by atoms with Gasteiger partial charge in [0.25, 0.3) is 15.9 Å². The first-order valence-electron chi connectivity index (χ1n) is 8.31. The van der Waals surface area contributed by atoms with E-state index >= 15 is 0 Å². The maximum atomic E-state index is 13.0. The lowest BCUT2D eigenvalue weighted by atomic mass is 10.1. The molecule has 2 N–H and O–H groups in total. The molecule has 0 atom stereocenters. The maximum absolute atomic E-state index is 13.0. The number of anilines is 2. The van der Waals surface area contributed by atoms with Gasteiger partial charge in [0.05, 0.1) is 15.6 Å². The van der Waals surface area contributed by atoms with Crippen molar-refractivity contribution < 1.29 is 17.6 Å². The van der Waals surface area contributed by atoms with Crippen molar-refractivity contribution in [2.45, 2.75) is 11.8 Å². The molecule has 0 heterocycles. The minimum Gasteiger partial charge on any atom is -0.321 e. The van der Waals surface area contributed by atoms with Crippen molar-refractivity contribution in [3.63, 3.8) is 0 Å². The fourth-order valence-corrected chi connectivity index (χ4v) is 4.07. The zero-order valence-corrected chi connectivity index (χ0v) is 17.4. The molecule has 0 fully saturated rings. The molecule has 29 heavy (non-hydrogen) atoms. The van der Waals surface area contributed by atoms with Gasteiger partial charge in [-0.25, -0.2) is 12.8 Å². The highest BCUT2D eigenvalue weighted by molar-refractivity contribution is 7.92. The number of amides is 1. The first-order chi connectivity index (χ1) is 13.7. The van der Waals surface area contributed by atoms with Gasteiger partial charge in [0.15, 0.2) is 0 Å². The highest BCUT2D eigenvalue weighted by Gasteiger charge is 2.19. The second-order valence-electron chi connectivity index (χ2n) is 6.17. The Labute approximate surface area is 177 Å². The zero-order valence-electron chi connectivity index (χ0n) is 15.0. The third kappa shape index (κ3) is 5.06. The average molecular weight is 453 g/mol. The largest absolute Gasteiger partial charge is 0.321 e. The first kappa shape index (κ1) is 21.1. The van der Waals surface area contributed by atoms with Crippen molar-refractivity contribution in [1.29, 1.82) is 0 Å². The smallest absolute Gasteiger partial charge is 0.261 e. The van der Waals surface area contributed by atoms with E-state index in [2.05, 4.69) is 10.0 Å². The minimum absolute atomic E-state index is 0.111. The quantitative estimate of drug-likeness (QED) is 0.536. The SMILES string of the molecule is Cc1ccc(S(=O)(=O)Nc2ccc(F)cc2)cc1C(=O)Nc1ccc(Cl)cc1Cl. The zero-order chi connectivity index (χ0) is 21.2. The van der Waals surface area contributed by atoms with Gasteiger partial charge in [-0.15, -0.1) is 0 Å². The molecule has 0 unspecified atom stereocenters. The number of rotatable bonds is 5. The number of hydrogen-bond donors (Lipinski definition) is 2. The van der Waals surface area contributed by atoms with Crippen LogP contribution >= 0.6 is 23.2 Å². The van der Waals surface area contributed by atoms with E-state index in [9.17, 15) is 17.6 Å². The van der Waals surface area contributed by atoms with E-state index in [-0.39, 0.29) is 21.2 Å². The summed E-state index contributed by atoms with van der Waals surface area (Å²) in [6.45, 7) is 1.68. The molecule has 3 rings (SSSR count). The van der Waals surface area contributed by atoms with Gasteiger partial charge in [0, 0.05) is 16.3 Å². The van der Waals surface area contributed by atoms with Crippen molar-refractivity contribution in [3.05, 3.63) is 87.7 Å². The molecule has 0 saturated heterocycles. The van der Waals surface area contributed by atoms with Crippen molar-refractivity contribution in [3.8, 4) is 0 Å². The third-order valence-corrected chi connectivity index (χ3v) is 5.97. The summed E-state index contributed by atoms with van der Waals surface area (Å²) in [7, 11) is -3.98. The average Bonchev–Trinajstić information content (AvgIpc) is 2.66. The summed E-state index contributed by atoms with van der Waals surface area (Å²) in [5.41, 5.74) is 1.29. The standard InChI is InChI=1S/C20H15Cl2FN2O3S/c1-12-2-8-16(29(27,28)25-15-6-4-14(23)5-7-15)11-17(12)20(26)24-19-9-3-13(21)10-18(19)22/h2-11,25H,1H3,(H,24,26). The van der Waals surface area contributed by atoms with Crippen molar-refractivity contribution in [1.82, 2.24) is 0 Å². The topological polar surface area (TPSA) is 75.3 Å². The summed E-state index contributed by atoms with van der Waals surface area (Å²) in [5, 5.41) is 3.32. The van der Waals surface area contributed by atoms with E-state index in [4.69, 9.17) is 23.2 Å². The van der Waals surface area contributed by atoms with Crippen LogP contribution in [-0.4, -0.2) is 14.3 Å². The highest BCUT2D eigenvalue weighted by atomic mass is 35.5. The van der Waals surface area contributed by atoms with Crippen LogP contribution in [0.15, 0.2) is 65.6 Å². The molecule has 5 nitrogen and oxygen atoms in total. The van der Waals surface area contributed by atoms with E-state index in [0.29, 0.717) is 16.3 Å². The molecular formula is C20H15Cl2FN2O3S. The lowest BCUT2D eigenvalue weighted by Crippen LogP contribution is -2.17. The molecule has 0 bridgehead atoms. The monoisotopic (exact) mass is 452 g/mol. The predicted octanol–water partition coefficient (Wildman–Crippen LogP) is 5.49. The lowest BCUT2D eigenvalue weighted by molar-refractivity contribution is 0.102. The Balaban J connectivity index is 1.88. The van der Waals surface area contributed by atoms with Gasteiger partial charge in [-0.3, -0.25) is 9.52 Å². The number of aryl methyl sites for hydroxylation is 1. The van der Waals surface area contributed by atoms with Crippen LogP contribution in [0.3, 0.4) is 0 Å². The van der Waals surface area contributed by atoms with Crippen LogP contribution in [0.5, 0.6) is 0 Å². The van der Waals surface area contributed by atoms with E-state index in [1.54, 1.807) is 19.1 Å². The fourth-order valence-electron chi connectivity index (χ4n) is 2.53. The van der Waals surface area contributed by atoms with Crippen LogP contribution in [0.2, 0.25) is 10.0 Å². The Bertz CT molecular complexity index is 1180. The molecule has 3 aromatic carbocycles. The van der Waals surface area contributed by atoms with Gasteiger partial charge in [0.1, 0.15) is 5.82 Å². The van der Waals surface area contributed by atoms with Gasteiger partial charge >= 0.3 is 0 Å². The van der Waals surface area contributed by atoms with Gasteiger partial charge in [0.2, 0.25) is 0 Å². The Morgan fingerprint density at radius 2 is 1.66 bits per heavy atom. The molecule has 9 heteroatoms. The second kappa shape index (κ2) is 8.41. The summed E-state index contributed by atoms with van der Waals surface area (Å²) >= 11 is 11.9. The first-order valence-corrected chi connectivity index (χ1v) is 10.5. The Morgan fingerprint density at radius 1 is 0.966 bits per heavy atom. The van der Waals surface area contributed by atoms with Crippen LogP contribution in [0.25, 0.3) is 0 Å². The van der Waals surface area contributed by atoms with E-state index in [1.807, 2.05) is 0 Å². The number of sulfonamides is 1. The Morgan fingerprint density at radius 3 is 2.31 bits per heavy atom. The second-order valence-corrected chi connectivity index (χ2v) is 8.69. The van der Waals surface area contributed by atoms with Crippen molar-refractivity contribution >= 4 is 50.5 Å². The van der Waals surface area contributed by atoms with E-state index < -0.39 is 21.7 Å². The summed E-state index contributed by atoms with van der Waals surface area (Å²) in [6, 6.07) is 13.7. The van der Waals surface area contributed by atoms with E-state index in [1.165, 1.54) is 36.4 Å². The molecule has 0 saturated carbocycles. The number of benzene rings is 3. The molecule has 0 aliphatic heterocycles. The van der Waals surface area contributed by atoms with Crippen LogP contribution < -0.4 is 10.0 Å². The molecule has 0 aliphatic carbocycles. The Hall–Kier alpha value is -2.61. The van der Waals surface area contributed by atoms with Crippen molar-refractivity contribution in [2.75, 3.05) is 10.0 Å². The summed E-state index contributed by atoms with van der Waals surface area (Å²) < 4.78 is 40.7. The van der Waals surface area contributed by atoms with Gasteiger partial charge in [-0.05, 0) is 67.1 Å². The summed E-state index contributed by atoms with van der Waals surface area (Å²) in [6.07, 6.45) is 0. The molecule has 0 aliphatic rings. The molecular weight excluding hydrogens is 438 g/mol. The number of hydrogen-bond acceptors (Lipinski definition) is 3. The number of halogens is 3. The molecule has 3 aromatic rings. The van der Waals surface area contributed by atoms with Crippen molar-refractivity contribution in [2.24, 2.45) is 0 Å². The molecule has 150 valence electrons. The van der Waals surface area contributed by atoms with Gasteiger partial charge < -0.3 is 5.32 Å². The fraction of sp³-hybridized carbons (Fsp3) is 0.0500. The van der Waals surface area contributed by atoms with Crippen LogP contribution in [0, 0.1) is 12.7 Å². The number of nitrogens with one attached hydrogen (secondary N) is 2. The predicted molar refractivity (Wildman–Crippen MR) is 113 cm³/mol. The maximum Gasteiger partial charge on any atom is 0.261 e. The third-order valence-electron chi connectivity index (χ3n) is 4.04. The molecule has 0 spiro atoms. The van der Waals surface area contributed by atoms with Crippen LogP contribution in [0.1, 0.15) is 15.9 Å². The van der Waals surface area contributed by atoms with Crippen LogP contribution in [-0.2, 0) is 10.0 Å². The highest BCUT2D eigenvalue weighted by Crippen LogP contribution is 2.27. The van der Waals surface area contributed by atoms with E-state index in [0.717, 1.165) is 12.1 Å². The van der Waals surface area contributed by atoms with Gasteiger partial charge in [-0.1, -0.05) is 29.3 Å². The Kier molecular flexibility index (Phi) is 6.12. The summed E-state index contributed by atoms with van der Waals surface area (Å²) in [5.74, 6) is -1.01. The lowest BCUT2D eigenvalue weighted by Gasteiger charge is -2.12. The molecule has 0 radical (unpaired) electrons. The molecule has 0 aromatic heterocycles. The normalized spacial score (nSPS) is 11.2. The molecule has 1 amide bonds. The van der Waals surface area contributed by atoms with Gasteiger partial charge in [-0.2, -0.15) is 0 Å². The number of carbonyl (C=O) groups excluding carboxylic acids is 1. The summed E-state index contributed by atoms with van der Waals surface area (Å²) in [4.78, 5) is 12.6. The van der Waals surface area contributed by atoms with Crippen LogP contribution in [0.4, 0.5) is 15.8 Å². The number of carbonyl (C=O) groups is 1. The minimum atomic E-state index is -3.98.